The quantitative estimate of drug-likeness (QED) is 0.622. The lowest BCUT2D eigenvalue weighted by molar-refractivity contribution is -0.174. The van der Waals surface area contributed by atoms with Crippen LogP contribution in [0, 0.1) is 22.7 Å². The lowest BCUT2D eigenvalue weighted by atomic mass is 9.46. The fraction of sp³-hybridized carbons (Fsp3) is 0.636. The van der Waals surface area contributed by atoms with E-state index < -0.39 is 17.6 Å². The van der Waals surface area contributed by atoms with Gasteiger partial charge in [0.1, 0.15) is 12.2 Å². The number of fused-ring (bicyclic) bond motifs is 3. The highest BCUT2D eigenvalue weighted by Crippen LogP contribution is 2.62. The molecular weight excluding hydrogens is 429 g/mol. The largest absolute Gasteiger partial charge is 0.462 e. The molecule has 1 aromatic carbocycles. The number of carbonyl (C=O) groups is 2. The summed E-state index contributed by atoms with van der Waals surface area (Å²) in [5.41, 5.74) is -0.242. The zero-order chi connectivity index (χ0) is 21.7. The zero-order valence-electron chi connectivity index (χ0n) is 17.1. The molecular formula is C22H27Cl2NO5. The van der Waals surface area contributed by atoms with Gasteiger partial charge in [-0.1, -0.05) is 37.0 Å². The molecule has 3 fully saturated rings. The Labute approximate surface area is 186 Å². The smallest absolute Gasteiger partial charge is 0.411 e. The van der Waals surface area contributed by atoms with Crippen LogP contribution in [-0.2, 0) is 14.3 Å². The summed E-state index contributed by atoms with van der Waals surface area (Å²) in [7, 11) is 0. The van der Waals surface area contributed by atoms with E-state index in [0.717, 1.165) is 19.3 Å². The molecule has 0 aromatic heterocycles. The van der Waals surface area contributed by atoms with Gasteiger partial charge in [0, 0.05) is 17.0 Å². The molecule has 4 rings (SSSR count). The summed E-state index contributed by atoms with van der Waals surface area (Å²) in [6.45, 7) is 4.10. The molecule has 0 radical (unpaired) electrons. The number of amides is 1. The van der Waals surface area contributed by atoms with Crippen LogP contribution in [0.3, 0.4) is 0 Å². The minimum Gasteiger partial charge on any atom is -0.462 e. The first kappa shape index (κ1) is 21.7. The molecule has 0 bridgehead atoms. The third kappa shape index (κ3) is 3.57. The molecule has 30 heavy (non-hydrogen) atoms. The lowest BCUT2D eigenvalue weighted by Crippen LogP contribution is -2.59. The molecule has 8 heteroatoms. The van der Waals surface area contributed by atoms with Crippen LogP contribution in [0.15, 0.2) is 18.2 Å². The summed E-state index contributed by atoms with van der Waals surface area (Å²) in [4.78, 5) is 24.5. The first-order valence-corrected chi connectivity index (χ1v) is 11.2. The average molecular weight is 456 g/mol. The second-order valence-corrected chi connectivity index (χ2v) is 10.1. The molecule has 0 spiro atoms. The molecule has 1 aliphatic heterocycles. The number of rotatable bonds is 3. The van der Waals surface area contributed by atoms with Crippen molar-refractivity contribution in [1.29, 1.82) is 0 Å². The molecule has 164 valence electrons. The Kier molecular flexibility index (Phi) is 5.71. The number of aliphatic hydroxyl groups excluding tert-OH is 1. The Morgan fingerprint density at radius 1 is 1.27 bits per heavy atom. The number of hydrogen-bond donors (Lipinski definition) is 2. The van der Waals surface area contributed by atoms with Crippen molar-refractivity contribution in [3.63, 3.8) is 0 Å². The minimum absolute atomic E-state index is 0.0305. The maximum atomic E-state index is 12.6. The fourth-order valence-electron chi connectivity index (χ4n) is 6.14. The predicted octanol–water partition coefficient (Wildman–Crippen LogP) is 5.05. The number of aliphatic hydroxyl groups is 1. The number of hydrogen-bond acceptors (Lipinski definition) is 5. The second kappa shape index (κ2) is 7.88. The summed E-state index contributed by atoms with van der Waals surface area (Å²) in [5, 5.41) is 13.8. The van der Waals surface area contributed by atoms with Gasteiger partial charge in [-0.3, -0.25) is 10.1 Å². The number of nitrogens with one attached hydrogen (secondary N) is 1. The summed E-state index contributed by atoms with van der Waals surface area (Å²) >= 11 is 11.9. The average Bonchev–Trinajstić information content (AvgIpc) is 3.09. The molecule has 1 aromatic rings. The number of halogens is 2. The maximum absolute atomic E-state index is 12.6. The fourth-order valence-corrected chi connectivity index (χ4v) is 6.44. The van der Waals surface area contributed by atoms with E-state index in [0.29, 0.717) is 28.6 Å². The number of anilines is 1. The zero-order valence-corrected chi connectivity index (χ0v) is 18.6. The van der Waals surface area contributed by atoms with Gasteiger partial charge in [0.05, 0.1) is 23.1 Å². The van der Waals surface area contributed by atoms with Gasteiger partial charge >= 0.3 is 12.1 Å². The van der Waals surface area contributed by atoms with Crippen LogP contribution in [0.1, 0.15) is 46.0 Å². The molecule has 3 aliphatic rings. The van der Waals surface area contributed by atoms with Crippen molar-refractivity contribution in [3.8, 4) is 0 Å². The van der Waals surface area contributed by atoms with Crippen molar-refractivity contribution in [3.05, 3.63) is 28.2 Å². The van der Waals surface area contributed by atoms with E-state index in [1.807, 2.05) is 6.92 Å². The predicted molar refractivity (Wildman–Crippen MR) is 114 cm³/mol. The lowest BCUT2D eigenvalue weighted by Gasteiger charge is -2.59. The molecule has 1 heterocycles. The van der Waals surface area contributed by atoms with E-state index in [9.17, 15) is 14.7 Å². The van der Waals surface area contributed by atoms with Crippen LogP contribution in [-0.4, -0.2) is 36.0 Å². The van der Waals surface area contributed by atoms with Gasteiger partial charge in [-0.25, -0.2) is 4.79 Å². The van der Waals surface area contributed by atoms with Crippen molar-refractivity contribution in [1.82, 2.24) is 0 Å². The number of carbonyl (C=O) groups excluding carboxylic acids is 2. The molecule has 2 saturated carbocycles. The van der Waals surface area contributed by atoms with E-state index in [2.05, 4.69) is 12.2 Å². The highest BCUT2D eigenvalue weighted by atomic mass is 35.5. The molecule has 1 saturated heterocycles. The van der Waals surface area contributed by atoms with E-state index in [4.69, 9.17) is 32.7 Å². The Morgan fingerprint density at radius 3 is 2.73 bits per heavy atom. The molecule has 6 atom stereocenters. The number of ether oxygens (including phenoxy) is 2. The summed E-state index contributed by atoms with van der Waals surface area (Å²) in [6.07, 6.45) is 2.43. The van der Waals surface area contributed by atoms with Gasteiger partial charge < -0.3 is 14.6 Å². The Bertz CT molecular complexity index is 864. The number of esters is 1. The van der Waals surface area contributed by atoms with Crippen molar-refractivity contribution in [2.45, 2.75) is 58.2 Å². The maximum Gasteiger partial charge on any atom is 0.411 e. The summed E-state index contributed by atoms with van der Waals surface area (Å²) < 4.78 is 11.4. The Morgan fingerprint density at radius 2 is 2.03 bits per heavy atom. The van der Waals surface area contributed by atoms with Crippen LogP contribution in [0.5, 0.6) is 0 Å². The van der Waals surface area contributed by atoms with Crippen molar-refractivity contribution in [2.24, 2.45) is 22.7 Å². The third-order valence-corrected chi connectivity index (χ3v) is 8.47. The van der Waals surface area contributed by atoms with Gasteiger partial charge in [0.25, 0.3) is 0 Å². The molecule has 1 amide bonds. The Hall–Kier alpha value is -1.50. The van der Waals surface area contributed by atoms with Crippen LogP contribution in [0.2, 0.25) is 10.0 Å². The van der Waals surface area contributed by atoms with Crippen molar-refractivity contribution < 1.29 is 24.2 Å². The van der Waals surface area contributed by atoms with Gasteiger partial charge in [-0.2, -0.15) is 0 Å². The van der Waals surface area contributed by atoms with Crippen LogP contribution in [0.4, 0.5) is 10.5 Å². The van der Waals surface area contributed by atoms with E-state index in [-0.39, 0.29) is 35.9 Å². The standard InChI is InChI=1S/C22H27Cl2NO5/c1-21-8-7-18(30-20(28)25-12-3-4-14(23)15(24)9-12)22(2,11-26)17(21)6-5-16-13(21)10-19(27)29-16/h3-4,9,13,16-18,26H,5-8,10-11H2,1-2H3,(H,25,28). The van der Waals surface area contributed by atoms with Crippen LogP contribution >= 0.6 is 23.2 Å². The Balaban J connectivity index is 1.50. The SMILES string of the molecule is CC1(CO)C(OC(=O)Nc2ccc(Cl)c(Cl)c2)CCC2(C)C3CC(=O)OC3CCC12. The minimum atomic E-state index is -0.599. The van der Waals surface area contributed by atoms with Gasteiger partial charge in [-0.05, 0) is 55.2 Å². The van der Waals surface area contributed by atoms with Gasteiger partial charge in [0.2, 0.25) is 0 Å². The van der Waals surface area contributed by atoms with E-state index in [1.54, 1.807) is 18.2 Å². The van der Waals surface area contributed by atoms with E-state index >= 15 is 0 Å². The first-order valence-electron chi connectivity index (χ1n) is 10.4. The third-order valence-electron chi connectivity index (χ3n) is 7.73. The monoisotopic (exact) mass is 455 g/mol. The molecule has 6 nitrogen and oxygen atoms in total. The topological polar surface area (TPSA) is 84.9 Å². The van der Waals surface area contributed by atoms with Gasteiger partial charge in [0.15, 0.2) is 0 Å². The molecule has 2 aliphatic carbocycles. The van der Waals surface area contributed by atoms with Crippen LogP contribution < -0.4 is 5.32 Å². The molecule has 2 N–H and O–H groups in total. The molecule has 6 unspecified atom stereocenters. The summed E-state index contributed by atoms with van der Waals surface area (Å²) in [6, 6.07) is 4.82. The first-order chi connectivity index (χ1) is 14.2. The van der Waals surface area contributed by atoms with Crippen LogP contribution in [0.25, 0.3) is 0 Å². The normalized spacial score (nSPS) is 37.7. The van der Waals surface area contributed by atoms with Gasteiger partial charge in [-0.15, -0.1) is 0 Å². The second-order valence-electron chi connectivity index (χ2n) is 9.33. The summed E-state index contributed by atoms with van der Waals surface area (Å²) in [5.74, 6) is 0.153. The number of benzene rings is 1. The highest BCUT2D eigenvalue weighted by Gasteiger charge is 2.62. The van der Waals surface area contributed by atoms with Crippen molar-refractivity contribution >= 4 is 41.0 Å². The van der Waals surface area contributed by atoms with Crippen molar-refractivity contribution in [2.75, 3.05) is 11.9 Å². The van der Waals surface area contributed by atoms with E-state index in [1.165, 1.54) is 0 Å². The highest BCUT2D eigenvalue weighted by molar-refractivity contribution is 6.42.